The summed E-state index contributed by atoms with van der Waals surface area (Å²) in [5.74, 6) is 0.0820. The van der Waals surface area contributed by atoms with Crippen LogP contribution in [0.25, 0.3) is 10.6 Å². The van der Waals surface area contributed by atoms with Crippen molar-refractivity contribution in [3.63, 3.8) is 0 Å². The molecule has 0 spiro atoms. The molecule has 4 rings (SSSR count). The third-order valence-electron chi connectivity index (χ3n) is 5.06. The Morgan fingerprint density at radius 1 is 1.32 bits per heavy atom. The smallest absolute Gasteiger partial charge is 0.337 e. The second-order valence-corrected chi connectivity index (χ2v) is 8.09. The van der Waals surface area contributed by atoms with Gasteiger partial charge < -0.3 is 15.6 Å². The number of nitrogen functional groups attached to an aromatic ring is 1. The van der Waals surface area contributed by atoms with Crippen LogP contribution in [0.5, 0.6) is 0 Å². The summed E-state index contributed by atoms with van der Waals surface area (Å²) in [6.45, 7) is 1.97. The number of carbonyl (C=O) groups excluding carboxylic acids is 1. The molecular weight excluding hydrogens is 374 g/mol. The molecule has 6 nitrogen and oxygen atoms in total. The number of rotatable bonds is 3. The quantitative estimate of drug-likeness (QED) is 0.659. The molecule has 3 N–H and O–H groups in total. The number of aromatic nitrogens is 2. The highest BCUT2D eigenvalue weighted by molar-refractivity contribution is 7.15. The molecule has 1 atom stereocenters. The van der Waals surface area contributed by atoms with Crippen molar-refractivity contribution in [2.24, 2.45) is 0 Å². The van der Waals surface area contributed by atoms with Crippen molar-refractivity contribution >= 4 is 23.1 Å². The molecule has 0 saturated carbocycles. The van der Waals surface area contributed by atoms with Gasteiger partial charge in [-0.25, -0.2) is 14.8 Å². The molecule has 0 radical (unpaired) electrons. The van der Waals surface area contributed by atoms with Crippen molar-refractivity contribution in [2.75, 3.05) is 12.8 Å². The molecule has 1 unspecified atom stereocenters. The summed E-state index contributed by atoms with van der Waals surface area (Å²) in [6.07, 6.45) is 3.92. The number of nitrogens with zero attached hydrogens (tertiary/aromatic N) is 2. The van der Waals surface area contributed by atoms with E-state index in [4.69, 9.17) is 10.5 Å². The summed E-state index contributed by atoms with van der Waals surface area (Å²) in [7, 11) is 1.36. The van der Waals surface area contributed by atoms with E-state index in [1.165, 1.54) is 18.4 Å². The lowest BCUT2D eigenvalue weighted by atomic mass is 9.79. The Morgan fingerprint density at radius 2 is 2.14 bits per heavy atom. The van der Waals surface area contributed by atoms with Gasteiger partial charge in [-0.05, 0) is 67.1 Å². The number of ether oxygens (including phenoxy) is 1. The molecule has 0 bridgehead atoms. The van der Waals surface area contributed by atoms with E-state index in [2.05, 4.69) is 9.97 Å². The molecule has 2 heterocycles. The average molecular weight is 395 g/mol. The maximum absolute atomic E-state index is 11.8. The van der Waals surface area contributed by atoms with Crippen LogP contribution in [0.15, 0.2) is 36.5 Å². The molecule has 2 aromatic heterocycles. The molecule has 0 aliphatic heterocycles. The van der Waals surface area contributed by atoms with Crippen molar-refractivity contribution < 1.29 is 14.6 Å². The summed E-state index contributed by atoms with van der Waals surface area (Å²) in [6, 6.07) is 9.08. The summed E-state index contributed by atoms with van der Waals surface area (Å²) < 4.78 is 4.81. The van der Waals surface area contributed by atoms with Gasteiger partial charge in [-0.2, -0.15) is 0 Å². The zero-order valence-corrected chi connectivity index (χ0v) is 16.5. The van der Waals surface area contributed by atoms with Crippen molar-refractivity contribution in [3.8, 4) is 10.6 Å². The van der Waals surface area contributed by atoms with E-state index >= 15 is 0 Å². The monoisotopic (exact) mass is 395 g/mol. The van der Waals surface area contributed by atoms with Gasteiger partial charge >= 0.3 is 5.97 Å². The van der Waals surface area contributed by atoms with E-state index < -0.39 is 5.60 Å². The Morgan fingerprint density at radius 3 is 2.89 bits per heavy atom. The van der Waals surface area contributed by atoms with Gasteiger partial charge in [0.05, 0.1) is 23.2 Å². The number of nitrogens with two attached hydrogens (primary N) is 1. The first-order valence-corrected chi connectivity index (χ1v) is 9.87. The molecule has 7 heteroatoms. The number of esters is 1. The van der Waals surface area contributed by atoms with Crippen LogP contribution in [0.3, 0.4) is 0 Å². The fourth-order valence-corrected chi connectivity index (χ4v) is 4.75. The second-order valence-electron chi connectivity index (χ2n) is 7.06. The summed E-state index contributed by atoms with van der Waals surface area (Å²) in [5.41, 5.74) is 8.70. The van der Waals surface area contributed by atoms with Crippen molar-refractivity contribution in [2.45, 2.75) is 31.8 Å². The van der Waals surface area contributed by atoms with Gasteiger partial charge in [0.25, 0.3) is 0 Å². The number of carbonyl (C=O) groups is 1. The van der Waals surface area contributed by atoms with Crippen molar-refractivity contribution in [1.29, 1.82) is 0 Å². The number of hydrogen-bond acceptors (Lipinski definition) is 7. The number of aryl methyl sites for hydroxylation is 2. The Balaban J connectivity index is 1.74. The largest absolute Gasteiger partial charge is 0.465 e. The number of benzene rings is 1. The first-order chi connectivity index (χ1) is 13.4. The molecule has 28 heavy (non-hydrogen) atoms. The zero-order valence-electron chi connectivity index (χ0n) is 15.7. The molecule has 1 aliphatic carbocycles. The Bertz CT molecular complexity index is 1040. The second kappa shape index (κ2) is 7.00. The first-order valence-electron chi connectivity index (χ1n) is 9.05. The highest BCUT2D eigenvalue weighted by Gasteiger charge is 2.39. The number of anilines is 1. The van der Waals surface area contributed by atoms with E-state index in [0.717, 1.165) is 40.1 Å². The molecule has 0 amide bonds. The van der Waals surface area contributed by atoms with Crippen LogP contribution in [0, 0.1) is 6.92 Å². The number of hydrogen-bond donors (Lipinski definition) is 2. The van der Waals surface area contributed by atoms with Gasteiger partial charge in [-0.3, -0.25) is 0 Å². The van der Waals surface area contributed by atoms with E-state index in [9.17, 15) is 9.90 Å². The van der Waals surface area contributed by atoms with Gasteiger partial charge in [-0.15, -0.1) is 11.3 Å². The lowest BCUT2D eigenvalue weighted by Gasteiger charge is -2.33. The molecule has 1 aromatic carbocycles. The van der Waals surface area contributed by atoms with Gasteiger partial charge in [0.15, 0.2) is 0 Å². The maximum atomic E-state index is 11.8. The Labute approximate surface area is 167 Å². The lowest BCUT2D eigenvalue weighted by molar-refractivity contribution is 0.0583. The zero-order chi connectivity index (χ0) is 19.9. The lowest BCUT2D eigenvalue weighted by Crippen LogP contribution is -2.32. The first kappa shape index (κ1) is 18.6. The molecular formula is C21H21N3O3S. The number of methoxy groups -OCH3 is 1. The van der Waals surface area contributed by atoms with E-state index in [1.54, 1.807) is 12.3 Å². The van der Waals surface area contributed by atoms with E-state index in [1.807, 2.05) is 31.2 Å². The van der Waals surface area contributed by atoms with E-state index in [-0.39, 0.29) is 5.97 Å². The summed E-state index contributed by atoms with van der Waals surface area (Å²) in [5, 5.41) is 12.2. The number of pyridine rings is 1. The third kappa shape index (κ3) is 3.16. The van der Waals surface area contributed by atoms with Crippen molar-refractivity contribution in [1.82, 2.24) is 9.97 Å². The predicted octanol–water partition coefficient (Wildman–Crippen LogP) is 3.45. The van der Waals surface area contributed by atoms with Crippen LogP contribution in [0.1, 0.15) is 44.9 Å². The number of thiazole rings is 1. The SMILES string of the molecule is COC(=O)c1ccc2c(c1)CCCC2(O)c1ncc(-c2cc(C)cc(N)n2)s1. The van der Waals surface area contributed by atoms with Gasteiger partial charge in [-0.1, -0.05) is 6.07 Å². The fraction of sp³-hybridized carbons (Fsp3) is 0.286. The minimum atomic E-state index is -1.18. The third-order valence-corrected chi connectivity index (χ3v) is 6.23. The minimum Gasteiger partial charge on any atom is -0.465 e. The molecule has 0 saturated heterocycles. The molecule has 3 aromatic rings. The predicted molar refractivity (Wildman–Crippen MR) is 108 cm³/mol. The van der Waals surface area contributed by atoms with Crippen LogP contribution in [-0.4, -0.2) is 28.2 Å². The van der Waals surface area contributed by atoms with Crippen LogP contribution in [-0.2, 0) is 16.8 Å². The van der Waals surface area contributed by atoms with Gasteiger partial charge in [0, 0.05) is 6.20 Å². The van der Waals surface area contributed by atoms with Crippen LogP contribution in [0.4, 0.5) is 5.82 Å². The van der Waals surface area contributed by atoms with Gasteiger partial charge in [0.2, 0.25) is 0 Å². The summed E-state index contributed by atoms with van der Waals surface area (Å²) >= 11 is 1.42. The molecule has 144 valence electrons. The maximum Gasteiger partial charge on any atom is 0.337 e. The van der Waals surface area contributed by atoms with Gasteiger partial charge in [0.1, 0.15) is 16.4 Å². The standard InChI is InChI=1S/C21H21N3O3S/c1-12-8-16(24-18(22)9-12)17-11-23-20(28-17)21(26)7-3-4-13-10-14(19(25)27-2)5-6-15(13)21/h5-6,8-11,26H,3-4,7H2,1-2H3,(H2,22,24). The van der Waals surface area contributed by atoms with Crippen LogP contribution in [0.2, 0.25) is 0 Å². The molecule has 0 fully saturated rings. The van der Waals surface area contributed by atoms with Crippen LogP contribution >= 0.6 is 11.3 Å². The van der Waals surface area contributed by atoms with Crippen LogP contribution < -0.4 is 5.73 Å². The molecule has 1 aliphatic rings. The summed E-state index contributed by atoms with van der Waals surface area (Å²) in [4.78, 5) is 21.6. The number of fused-ring (bicyclic) bond motifs is 1. The highest BCUT2D eigenvalue weighted by Crippen LogP contribution is 2.43. The van der Waals surface area contributed by atoms with Crippen molar-refractivity contribution in [3.05, 3.63) is 63.8 Å². The Kier molecular flexibility index (Phi) is 4.64. The average Bonchev–Trinajstić information content (AvgIpc) is 3.17. The normalized spacial score (nSPS) is 18.5. The fourth-order valence-electron chi connectivity index (χ4n) is 3.74. The number of aliphatic hydroxyl groups is 1. The van der Waals surface area contributed by atoms with E-state index in [0.29, 0.717) is 22.8 Å². The highest BCUT2D eigenvalue weighted by atomic mass is 32.1. The Hall–Kier alpha value is -2.77. The topological polar surface area (TPSA) is 98.3 Å². The minimum absolute atomic E-state index is 0.378.